The molecule has 0 unspecified atom stereocenters. The maximum atomic E-state index is 12.9. The van der Waals surface area contributed by atoms with Crippen molar-refractivity contribution in [2.24, 2.45) is 5.92 Å². The zero-order chi connectivity index (χ0) is 20.0. The molecule has 1 fully saturated rings. The van der Waals surface area contributed by atoms with Crippen LogP contribution < -0.4 is 5.32 Å². The second kappa shape index (κ2) is 9.52. The van der Waals surface area contributed by atoms with Gasteiger partial charge in [0.15, 0.2) is 6.61 Å². The molecule has 0 saturated carbocycles. The van der Waals surface area contributed by atoms with Crippen LogP contribution in [-0.4, -0.2) is 50.8 Å². The molecule has 27 heavy (non-hydrogen) atoms. The molecule has 0 spiro atoms. The second-order valence-electron chi connectivity index (χ2n) is 6.68. The van der Waals surface area contributed by atoms with E-state index in [1.807, 2.05) is 13.8 Å². The number of hydrogen-bond donors (Lipinski definition) is 1. The van der Waals surface area contributed by atoms with Crippen molar-refractivity contribution in [2.45, 2.75) is 38.0 Å². The first-order valence-corrected chi connectivity index (χ1v) is 10.8. The number of halogens is 1. The lowest BCUT2D eigenvalue weighted by Gasteiger charge is -2.30. The number of hydrogen-bond acceptors (Lipinski definition) is 5. The van der Waals surface area contributed by atoms with Crippen molar-refractivity contribution in [1.29, 1.82) is 0 Å². The molecule has 1 aliphatic rings. The summed E-state index contributed by atoms with van der Waals surface area (Å²) in [6, 6.07) is 3.95. The predicted octanol–water partition coefficient (Wildman–Crippen LogP) is 2.44. The number of sulfonamides is 1. The van der Waals surface area contributed by atoms with Gasteiger partial charge >= 0.3 is 5.97 Å². The van der Waals surface area contributed by atoms with Crippen LogP contribution in [0, 0.1) is 5.92 Å². The van der Waals surface area contributed by atoms with Crippen molar-refractivity contribution >= 4 is 33.5 Å². The van der Waals surface area contributed by atoms with Crippen LogP contribution in [0.4, 0.5) is 0 Å². The molecule has 0 aromatic heterocycles. The average molecular weight is 417 g/mol. The molecule has 1 aromatic carbocycles. The lowest BCUT2D eigenvalue weighted by atomic mass is 10.0. The lowest BCUT2D eigenvalue weighted by molar-refractivity contribution is -0.124. The number of ether oxygens (including phenoxy) is 1. The molecule has 9 heteroatoms. The van der Waals surface area contributed by atoms with Gasteiger partial charge in [-0.2, -0.15) is 4.31 Å². The second-order valence-corrected chi connectivity index (χ2v) is 9.00. The van der Waals surface area contributed by atoms with Crippen LogP contribution in [0.5, 0.6) is 0 Å². The number of amides is 1. The molecule has 1 aliphatic heterocycles. The Hall–Kier alpha value is -1.64. The number of nitrogens with zero attached hydrogens (tertiary/aromatic N) is 1. The van der Waals surface area contributed by atoms with E-state index in [9.17, 15) is 18.0 Å². The van der Waals surface area contributed by atoms with E-state index in [4.69, 9.17) is 16.3 Å². The highest BCUT2D eigenvalue weighted by molar-refractivity contribution is 7.89. The zero-order valence-corrected chi connectivity index (χ0v) is 17.1. The molecule has 2 rings (SSSR count). The third-order valence-electron chi connectivity index (χ3n) is 4.31. The minimum absolute atomic E-state index is 0.0336. The topological polar surface area (TPSA) is 92.8 Å². The van der Waals surface area contributed by atoms with Gasteiger partial charge in [0.1, 0.15) is 4.90 Å². The monoisotopic (exact) mass is 416 g/mol. The summed E-state index contributed by atoms with van der Waals surface area (Å²) in [4.78, 5) is 23.6. The Morgan fingerprint density at radius 3 is 2.78 bits per heavy atom. The first-order chi connectivity index (χ1) is 12.8. The molecule has 1 aromatic rings. The number of carbonyl (C=O) groups is 2. The smallest absolute Gasteiger partial charge is 0.338 e. The summed E-state index contributed by atoms with van der Waals surface area (Å²) in [7, 11) is -3.81. The fourth-order valence-corrected chi connectivity index (χ4v) is 4.96. The van der Waals surface area contributed by atoms with Crippen molar-refractivity contribution in [3.8, 4) is 0 Å². The van der Waals surface area contributed by atoms with Gasteiger partial charge in [-0.1, -0.05) is 25.4 Å². The van der Waals surface area contributed by atoms with Gasteiger partial charge in [-0.25, -0.2) is 13.2 Å². The average Bonchev–Trinajstić information content (AvgIpc) is 2.64. The maximum Gasteiger partial charge on any atom is 0.338 e. The molecular weight excluding hydrogens is 392 g/mol. The van der Waals surface area contributed by atoms with Crippen molar-refractivity contribution in [3.05, 3.63) is 28.8 Å². The SMILES string of the molecule is CCCNC(=O)COC(=O)c1ccc(Cl)c(S(=O)(=O)N2CCC[C@@H](C)C2)c1. The minimum Gasteiger partial charge on any atom is -0.452 e. The Labute approximate surface area is 165 Å². The molecule has 1 heterocycles. The van der Waals surface area contributed by atoms with E-state index in [-0.39, 0.29) is 21.4 Å². The molecule has 0 aliphatic carbocycles. The van der Waals surface area contributed by atoms with Gasteiger partial charge in [0.25, 0.3) is 5.91 Å². The van der Waals surface area contributed by atoms with E-state index < -0.39 is 28.5 Å². The van der Waals surface area contributed by atoms with E-state index in [0.717, 1.165) is 19.3 Å². The Morgan fingerprint density at radius 2 is 2.11 bits per heavy atom. The van der Waals surface area contributed by atoms with Gasteiger partial charge < -0.3 is 10.1 Å². The Kier molecular flexibility index (Phi) is 7.64. The fraction of sp³-hybridized carbons (Fsp3) is 0.556. The quantitative estimate of drug-likeness (QED) is 0.689. The molecular formula is C18H25ClN2O5S. The van der Waals surface area contributed by atoms with Gasteiger partial charge in [-0.3, -0.25) is 4.79 Å². The summed E-state index contributed by atoms with van der Waals surface area (Å²) >= 11 is 6.10. The van der Waals surface area contributed by atoms with Crippen LogP contribution in [0.1, 0.15) is 43.5 Å². The molecule has 1 atom stereocenters. The van der Waals surface area contributed by atoms with Crippen LogP contribution in [0.25, 0.3) is 0 Å². The largest absolute Gasteiger partial charge is 0.452 e. The van der Waals surface area contributed by atoms with E-state index >= 15 is 0 Å². The molecule has 0 bridgehead atoms. The highest BCUT2D eigenvalue weighted by atomic mass is 35.5. The molecule has 0 radical (unpaired) electrons. The Morgan fingerprint density at radius 1 is 1.37 bits per heavy atom. The zero-order valence-electron chi connectivity index (χ0n) is 15.5. The van der Waals surface area contributed by atoms with Gasteiger partial charge in [0.2, 0.25) is 10.0 Å². The van der Waals surface area contributed by atoms with Crippen LogP contribution >= 0.6 is 11.6 Å². The number of carbonyl (C=O) groups excluding carboxylic acids is 2. The van der Waals surface area contributed by atoms with E-state index in [0.29, 0.717) is 19.6 Å². The molecule has 1 amide bonds. The van der Waals surface area contributed by atoms with Crippen LogP contribution in [-0.2, 0) is 19.6 Å². The van der Waals surface area contributed by atoms with Crippen molar-refractivity contribution in [3.63, 3.8) is 0 Å². The first kappa shape index (κ1) is 21.7. The highest BCUT2D eigenvalue weighted by Gasteiger charge is 2.31. The molecule has 1 saturated heterocycles. The van der Waals surface area contributed by atoms with Crippen molar-refractivity contribution in [1.82, 2.24) is 9.62 Å². The summed E-state index contributed by atoms with van der Waals surface area (Å²) in [5, 5.41) is 2.64. The van der Waals surface area contributed by atoms with E-state index in [1.54, 1.807) is 0 Å². The number of piperidine rings is 1. The maximum absolute atomic E-state index is 12.9. The van der Waals surface area contributed by atoms with Crippen molar-refractivity contribution < 1.29 is 22.7 Å². The van der Waals surface area contributed by atoms with Gasteiger partial charge in [0, 0.05) is 19.6 Å². The predicted molar refractivity (Wildman–Crippen MR) is 102 cm³/mol. The summed E-state index contributed by atoms with van der Waals surface area (Å²) < 4.78 is 32.2. The third kappa shape index (κ3) is 5.67. The summed E-state index contributed by atoms with van der Waals surface area (Å²) in [5.74, 6) is -0.918. The molecule has 7 nitrogen and oxygen atoms in total. The fourth-order valence-electron chi connectivity index (χ4n) is 2.86. The first-order valence-electron chi connectivity index (χ1n) is 8.99. The molecule has 1 N–H and O–H groups in total. The lowest BCUT2D eigenvalue weighted by Crippen LogP contribution is -2.39. The van der Waals surface area contributed by atoms with Crippen LogP contribution in [0.3, 0.4) is 0 Å². The standard InChI is InChI=1S/C18H25ClN2O5S/c1-3-8-20-17(22)12-26-18(23)14-6-7-15(19)16(10-14)27(24,25)21-9-4-5-13(2)11-21/h6-7,10,13H,3-5,8-9,11-12H2,1-2H3,(H,20,22)/t13-/m1/s1. The number of nitrogens with one attached hydrogen (secondary N) is 1. The Bertz CT molecular complexity index is 797. The van der Waals surface area contributed by atoms with Gasteiger partial charge in [0.05, 0.1) is 10.6 Å². The minimum atomic E-state index is -3.81. The number of rotatable bonds is 7. The third-order valence-corrected chi connectivity index (χ3v) is 6.66. The van der Waals surface area contributed by atoms with Crippen molar-refractivity contribution in [2.75, 3.05) is 26.2 Å². The summed E-state index contributed by atoms with van der Waals surface area (Å²) in [5.41, 5.74) is 0.0336. The normalized spacial score (nSPS) is 18.1. The Balaban J connectivity index is 2.15. The number of benzene rings is 1. The van der Waals surface area contributed by atoms with Gasteiger partial charge in [-0.15, -0.1) is 0 Å². The highest BCUT2D eigenvalue weighted by Crippen LogP contribution is 2.29. The van der Waals surface area contributed by atoms with Gasteiger partial charge in [-0.05, 0) is 43.4 Å². The summed E-state index contributed by atoms with van der Waals surface area (Å²) in [6.45, 7) is 4.83. The summed E-state index contributed by atoms with van der Waals surface area (Å²) in [6.07, 6.45) is 2.53. The van der Waals surface area contributed by atoms with Crippen LogP contribution in [0.15, 0.2) is 23.1 Å². The number of esters is 1. The molecule has 150 valence electrons. The van der Waals surface area contributed by atoms with Crippen LogP contribution in [0.2, 0.25) is 5.02 Å². The van der Waals surface area contributed by atoms with E-state index in [2.05, 4.69) is 5.32 Å². The van der Waals surface area contributed by atoms with E-state index in [1.165, 1.54) is 22.5 Å².